The van der Waals surface area contributed by atoms with Crippen LogP contribution in [0.3, 0.4) is 0 Å². The maximum atomic E-state index is 13.3. The molecule has 0 aliphatic carbocycles. The van der Waals surface area contributed by atoms with E-state index in [0.29, 0.717) is 13.0 Å². The van der Waals surface area contributed by atoms with Crippen LogP contribution in [-0.4, -0.2) is 56.0 Å². The quantitative estimate of drug-likeness (QED) is 0.409. The molecule has 2 aromatic carbocycles. The Morgan fingerprint density at radius 2 is 1.75 bits per heavy atom. The van der Waals surface area contributed by atoms with Gasteiger partial charge in [0.1, 0.15) is 18.9 Å². The van der Waals surface area contributed by atoms with E-state index in [1.54, 1.807) is 0 Å². The van der Waals surface area contributed by atoms with Gasteiger partial charge in [-0.3, -0.25) is 9.59 Å². The molecular formula is C25H27FN2O4. The molecule has 6 nitrogen and oxygen atoms in total. The highest BCUT2D eigenvalue weighted by Gasteiger charge is 2.44. The third-order valence-electron chi connectivity index (χ3n) is 6.16. The predicted octanol–water partition coefficient (Wildman–Crippen LogP) is 0.663. The minimum atomic E-state index is -0.774. The number of nitrogens with zero attached hydrogens (tertiary/aromatic N) is 1. The molecule has 0 bridgehead atoms. The van der Waals surface area contributed by atoms with E-state index < -0.39 is 29.3 Å². The van der Waals surface area contributed by atoms with Crippen molar-refractivity contribution in [1.29, 1.82) is 0 Å². The summed E-state index contributed by atoms with van der Waals surface area (Å²) in [4.78, 5) is 28.9. The number of hydrogen-bond donors (Lipinski definition) is 1. The highest BCUT2D eigenvalue weighted by Crippen LogP contribution is 2.38. The molecule has 1 atom stereocenters. The van der Waals surface area contributed by atoms with Crippen LogP contribution in [0.2, 0.25) is 0 Å². The number of carbonyl (C=O) groups is 2. The highest BCUT2D eigenvalue weighted by molar-refractivity contribution is 6.46. The Hall–Kier alpha value is -3.03. The molecular weight excluding hydrogens is 411 g/mol. The van der Waals surface area contributed by atoms with Crippen LogP contribution >= 0.6 is 0 Å². The van der Waals surface area contributed by atoms with Gasteiger partial charge in [-0.05, 0) is 30.2 Å². The van der Waals surface area contributed by atoms with Gasteiger partial charge in [0.25, 0.3) is 5.91 Å². The summed E-state index contributed by atoms with van der Waals surface area (Å²) in [5.74, 6) is -2.43. The second-order valence-electron chi connectivity index (χ2n) is 8.36. The van der Waals surface area contributed by atoms with Gasteiger partial charge in [-0.15, -0.1) is 0 Å². The number of ether oxygens (including phenoxy) is 1. The van der Waals surface area contributed by atoms with Gasteiger partial charge < -0.3 is 19.6 Å². The lowest BCUT2D eigenvalue weighted by molar-refractivity contribution is -0.908. The second kappa shape index (κ2) is 9.63. The fraction of sp³-hybridized carbons (Fsp3) is 0.360. The molecule has 2 aliphatic rings. The number of Topliss-reactive ketones (excluding diaryl/α,β-unsaturated/α-hetero) is 1. The molecule has 0 radical (unpaired) electrons. The molecule has 0 saturated carbocycles. The van der Waals surface area contributed by atoms with Crippen LogP contribution in [0.5, 0.6) is 0 Å². The van der Waals surface area contributed by atoms with Gasteiger partial charge in [0.15, 0.2) is 0 Å². The van der Waals surface area contributed by atoms with Crippen LogP contribution in [0.4, 0.5) is 4.39 Å². The highest BCUT2D eigenvalue weighted by atomic mass is 19.1. The first-order valence-electron chi connectivity index (χ1n) is 11.0. The van der Waals surface area contributed by atoms with Crippen molar-refractivity contribution in [3.8, 4) is 0 Å². The fourth-order valence-electron chi connectivity index (χ4n) is 4.36. The zero-order valence-electron chi connectivity index (χ0n) is 18.1. The molecule has 4 rings (SSSR count). The summed E-state index contributed by atoms with van der Waals surface area (Å²) in [6, 6.07) is 11.8. The van der Waals surface area contributed by atoms with Crippen LogP contribution < -0.4 is 10.0 Å². The summed E-state index contributed by atoms with van der Waals surface area (Å²) in [6.45, 7) is 6.51. The molecule has 2 heterocycles. The van der Waals surface area contributed by atoms with Gasteiger partial charge in [0.05, 0.1) is 25.8 Å². The summed E-state index contributed by atoms with van der Waals surface area (Å²) in [7, 11) is 0. The largest absolute Gasteiger partial charge is 0.872 e. The third kappa shape index (κ3) is 4.59. The Bertz CT molecular complexity index is 1010. The maximum Gasteiger partial charge on any atom is 0.295 e. The van der Waals surface area contributed by atoms with E-state index in [2.05, 4.69) is 0 Å². The number of hydrogen-bond acceptors (Lipinski definition) is 4. The molecule has 1 amide bonds. The average molecular weight is 438 g/mol. The Morgan fingerprint density at radius 3 is 2.41 bits per heavy atom. The Balaban J connectivity index is 1.66. The number of likely N-dealkylation sites (tertiary alicyclic amines) is 1. The van der Waals surface area contributed by atoms with Crippen LogP contribution in [0, 0.1) is 12.7 Å². The molecule has 2 aliphatic heterocycles. The Kier molecular flexibility index (Phi) is 6.67. The number of halogens is 1. The lowest BCUT2D eigenvalue weighted by Gasteiger charge is -2.29. The minimum absolute atomic E-state index is 0.0656. The summed E-state index contributed by atoms with van der Waals surface area (Å²) >= 11 is 0. The van der Waals surface area contributed by atoms with E-state index in [1.165, 1.54) is 34.1 Å². The first-order chi connectivity index (χ1) is 15.5. The van der Waals surface area contributed by atoms with Crippen LogP contribution in [-0.2, 0) is 14.3 Å². The summed E-state index contributed by atoms with van der Waals surface area (Å²) in [5.41, 5.74) is 1.89. The molecule has 1 unspecified atom stereocenters. The fourth-order valence-corrected chi connectivity index (χ4v) is 4.36. The number of ketones is 1. The summed E-state index contributed by atoms with van der Waals surface area (Å²) in [6.07, 6.45) is 0.717. The van der Waals surface area contributed by atoms with E-state index in [4.69, 9.17) is 4.74 Å². The molecule has 2 aromatic rings. The topological polar surface area (TPSA) is 74.1 Å². The number of nitrogens with one attached hydrogen (secondary N) is 1. The zero-order valence-corrected chi connectivity index (χ0v) is 18.1. The molecule has 7 heteroatoms. The first kappa shape index (κ1) is 22.2. The Labute approximate surface area is 186 Å². The van der Waals surface area contributed by atoms with Crippen LogP contribution in [0.25, 0.3) is 5.76 Å². The van der Waals surface area contributed by atoms with Gasteiger partial charge in [0, 0.05) is 18.5 Å². The predicted molar refractivity (Wildman–Crippen MR) is 115 cm³/mol. The molecule has 0 aromatic heterocycles. The van der Waals surface area contributed by atoms with Gasteiger partial charge in [-0.25, -0.2) is 4.39 Å². The van der Waals surface area contributed by atoms with Crippen molar-refractivity contribution < 1.29 is 28.7 Å². The zero-order chi connectivity index (χ0) is 22.7. The molecule has 1 N–H and O–H groups in total. The number of benzene rings is 2. The van der Waals surface area contributed by atoms with E-state index in [0.717, 1.165) is 44.0 Å². The van der Waals surface area contributed by atoms with Crippen molar-refractivity contribution >= 4 is 17.4 Å². The molecule has 32 heavy (non-hydrogen) atoms. The van der Waals surface area contributed by atoms with Crippen molar-refractivity contribution in [2.75, 3.05) is 39.4 Å². The van der Waals surface area contributed by atoms with Crippen LogP contribution in [0.15, 0.2) is 54.1 Å². The smallest absolute Gasteiger partial charge is 0.295 e. The second-order valence-corrected chi connectivity index (χ2v) is 8.36. The molecule has 2 saturated heterocycles. The normalized spacial score (nSPS) is 21.3. The molecule has 2 fully saturated rings. The summed E-state index contributed by atoms with van der Waals surface area (Å²) < 4.78 is 18.7. The van der Waals surface area contributed by atoms with Gasteiger partial charge in [-0.2, -0.15) is 0 Å². The number of rotatable bonds is 6. The minimum Gasteiger partial charge on any atom is -0.872 e. The van der Waals surface area contributed by atoms with E-state index in [1.807, 2.05) is 31.2 Å². The Morgan fingerprint density at radius 1 is 1.09 bits per heavy atom. The van der Waals surface area contributed by atoms with Crippen molar-refractivity contribution in [2.24, 2.45) is 0 Å². The van der Waals surface area contributed by atoms with Crippen molar-refractivity contribution in [1.82, 2.24) is 4.90 Å². The lowest BCUT2D eigenvalue weighted by Crippen LogP contribution is -3.14. The van der Waals surface area contributed by atoms with Gasteiger partial charge >= 0.3 is 0 Å². The average Bonchev–Trinajstić information content (AvgIpc) is 3.05. The van der Waals surface area contributed by atoms with Gasteiger partial charge in [-0.1, -0.05) is 47.7 Å². The van der Waals surface area contributed by atoms with Crippen LogP contribution in [0.1, 0.15) is 29.2 Å². The van der Waals surface area contributed by atoms with E-state index in [9.17, 15) is 19.1 Å². The van der Waals surface area contributed by atoms with E-state index >= 15 is 0 Å². The van der Waals surface area contributed by atoms with Crippen molar-refractivity contribution in [3.63, 3.8) is 0 Å². The number of amides is 1. The van der Waals surface area contributed by atoms with Gasteiger partial charge in [0.2, 0.25) is 5.78 Å². The number of quaternary nitrogens is 1. The SMILES string of the molecule is Cc1ccc(C2C(=C([O-])c3ccc(F)cc3)C(=O)C(=O)N2CCC[NH+]2CCOCC2)cc1. The lowest BCUT2D eigenvalue weighted by atomic mass is 9.94. The molecule has 0 spiro atoms. The van der Waals surface area contributed by atoms with Crippen molar-refractivity contribution in [3.05, 3.63) is 76.6 Å². The third-order valence-corrected chi connectivity index (χ3v) is 6.16. The number of morpholine rings is 1. The summed E-state index contributed by atoms with van der Waals surface area (Å²) in [5, 5.41) is 13.3. The van der Waals surface area contributed by atoms with E-state index in [-0.39, 0.29) is 11.1 Å². The number of carbonyl (C=O) groups excluding carboxylic acids is 2. The standard InChI is InChI=1S/C25H27FN2O4/c1-17-3-5-18(6-4-17)22-21(23(29)19-7-9-20(26)10-8-19)24(30)25(31)28(22)12-2-11-27-13-15-32-16-14-27/h3-10,22,29H,2,11-16H2,1H3. The molecule has 168 valence electrons. The van der Waals surface area contributed by atoms with Crippen molar-refractivity contribution in [2.45, 2.75) is 19.4 Å². The maximum absolute atomic E-state index is 13.3. The first-order valence-corrected chi connectivity index (χ1v) is 11.0. The monoisotopic (exact) mass is 438 g/mol. The number of aryl methyl sites for hydroxylation is 1.